The predicted octanol–water partition coefficient (Wildman–Crippen LogP) is 2.58. The Labute approximate surface area is 222 Å². The summed E-state index contributed by atoms with van der Waals surface area (Å²) in [5.41, 5.74) is 0.729. The van der Waals surface area contributed by atoms with Crippen molar-refractivity contribution in [3.63, 3.8) is 0 Å². The Bertz CT molecular complexity index is 1110. The molecule has 0 unspecified atom stereocenters. The van der Waals surface area contributed by atoms with Crippen LogP contribution >= 0.6 is 0 Å². The fourth-order valence-electron chi connectivity index (χ4n) is 4.95. The summed E-state index contributed by atoms with van der Waals surface area (Å²) in [6, 6.07) is 28.9. The van der Waals surface area contributed by atoms with Gasteiger partial charge in [0.05, 0.1) is 33.0 Å². The average molecular weight is 523 g/mol. The van der Waals surface area contributed by atoms with Crippen molar-refractivity contribution in [2.24, 2.45) is 0 Å². The predicted molar refractivity (Wildman–Crippen MR) is 138 cm³/mol. The molecule has 0 saturated carbocycles. The molecule has 2 heterocycles. The molecular weight excluding hydrogens is 488 g/mol. The molecule has 8 heteroatoms. The van der Waals surface area contributed by atoms with Gasteiger partial charge in [0.1, 0.15) is 30.5 Å². The summed E-state index contributed by atoms with van der Waals surface area (Å²) >= 11 is 0. The van der Waals surface area contributed by atoms with Crippen LogP contribution in [0.25, 0.3) is 0 Å². The zero-order valence-corrected chi connectivity index (χ0v) is 21.0. The average Bonchev–Trinajstić information content (AvgIpc) is 2.96. The lowest BCUT2D eigenvalue weighted by atomic mass is 9.78. The summed E-state index contributed by atoms with van der Waals surface area (Å²) in [7, 11) is 0. The van der Waals surface area contributed by atoms with E-state index in [1.165, 1.54) is 0 Å². The first-order chi connectivity index (χ1) is 18.6. The van der Waals surface area contributed by atoms with Crippen LogP contribution in [-0.4, -0.2) is 70.9 Å². The Kier molecular flexibility index (Phi) is 8.83. The third-order valence-electron chi connectivity index (χ3n) is 7.00. The third-order valence-corrected chi connectivity index (χ3v) is 7.00. The molecule has 7 atom stereocenters. The molecule has 0 bridgehead atoms. The van der Waals surface area contributed by atoms with Gasteiger partial charge < -0.3 is 39.0 Å². The van der Waals surface area contributed by atoms with Crippen molar-refractivity contribution in [3.8, 4) is 0 Å². The first kappa shape index (κ1) is 26.9. The van der Waals surface area contributed by atoms with Gasteiger partial charge in [0.15, 0.2) is 11.9 Å². The number of hydrogen-bond acceptors (Lipinski definition) is 8. The summed E-state index contributed by atoms with van der Waals surface area (Å²) in [6.07, 6.45) is -6.77. The summed E-state index contributed by atoms with van der Waals surface area (Å²) in [5, 5.41) is 33.2. The van der Waals surface area contributed by atoms with E-state index < -0.39 is 42.4 Å². The molecule has 0 aliphatic carbocycles. The van der Waals surface area contributed by atoms with Gasteiger partial charge in [-0.1, -0.05) is 91.0 Å². The summed E-state index contributed by atoms with van der Waals surface area (Å²) in [5.74, 6) is 0. The van der Waals surface area contributed by atoms with Gasteiger partial charge >= 0.3 is 0 Å². The maximum Gasteiger partial charge on any atom is 0.192 e. The van der Waals surface area contributed by atoms with Crippen LogP contribution in [0.2, 0.25) is 0 Å². The fraction of sp³-hybridized carbons (Fsp3) is 0.400. The van der Waals surface area contributed by atoms with Crippen LogP contribution < -0.4 is 0 Å². The number of aliphatic hydroxyl groups is 3. The Balaban J connectivity index is 1.41. The van der Waals surface area contributed by atoms with Crippen LogP contribution in [0.1, 0.15) is 16.7 Å². The zero-order chi connectivity index (χ0) is 26.4. The molecule has 2 aliphatic rings. The summed E-state index contributed by atoms with van der Waals surface area (Å²) < 4.78 is 30.5. The highest BCUT2D eigenvalue weighted by molar-refractivity contribution is 5.17. The number of fused-ring (bicyclic) bond motifs is 1. The number of aliphatic hydroxyl groups excluding tert-OH is 2. The summed E-state index contributed by atoms with van der Waals surface area (Å²) in [4.78, 5) is 0. The standard InChI is InChI=1S/C30H34O8/c31-24-19-37-29-30(33,27(24)32)28(36-18-23-14-8-3-9-15-23)26(35-17-22-12-6-2-7-13-22)25(38-29)20-34-16-21-10-4-1-5-11-21/h1-15,24-29,31-33H,16-20H2/t24-,25-,26-,27+,28+,29-,30+/m1/s1. The second-order valence-corrected chi connectivity index (χ2v) is 9.72. The molecule has 0 aromatic heterocycles. The Morgan fingerprint density at radius 2 is 1.26 bits per heavy atom. The lowest BCUT2D eigenvalue weighted by Crippen LogP contribution is -2.76. The number of rotatable bonds is 10. The molecule has 202 valence electrons. The normalized spacial score (nSPS) is 31.0. The molecular formula is C30H34O8. The minimum Gasteiger partial charge on any atom is -0.388 e. The minimum absolute atomic E-state index is 0.133. The van der Waals surface area contributed by atoms with Gasteiger partial charge in [-0.2, -0.15) is 0 Å². The quantitative estimate of drug-likeness (QED) is 0.373. The second-order valence-electron chi connectivity index (χ2n) is 9.72. The summed E-state index contributed by atoms with van der Waals surface area (Å²) in [6.45, 7) is 0.668. The van der Waals surface area contributed by atoms with Crippen LogP contribution in [0, 0.1) is 0 Å². The first-order valence-electron chi connectivity index (χ1n) is 12.8. The van der Waals surface area contributed by atoms with Crippen molar-refractivity contribution in [1.29, 1.82) is 0 Å². The van der Waals surface area contributed by atoms with Gasteiger partial charge in [0.25, 0.3) is 0 Å². The van der Waals surface area contributed by atoms with Gasteiger partial charge in [-0.05, 0) is 16.7 Å². The molecule has 2 fully saturated rings. The van der Waals surface area contributed by atoms with E-state index in [0.29, 0.717) is 6.61 Å². The van der Waals surface area contributed by atoms with Gasteiger partial charge in [0, 0.05) is 0 Å². The second kappa shape index (κ2) is 12.5. The maximum absolute atomic E-state index is 11.9. The Hall–Kier alpha value is -2.66. The van der Waals surface area contributed by atoms with E-state index in [1.807, 2.05) is 91.0 Å². The van der Waals surface area contributed by atoms with Crippen molar-refractivity contribution < 1.29 is 39.0 Å². The molecule has 0 radical (unpaired) electrons. The molecule has 5 rings (SSSR count). The van der Waals surface area contributed by atoms with E-state index in [1.54, 1.807) is 0 Å². The molecule has 2 saturated heterocycles. The van der Waals surface area contributed by atoms with E-state index >= 15 is 0 Å². The van der Waals surface area contributed by atoms with Gasteiger partial charge in [-0.25, -0.2) is 0 Å². The fourth-order valence-corrected chi connectivity index (χ4v) is 4.95. The van der Waals surface area contributed by atoms with E-state index in [9.17, 15) is 15.3 Å². The van der Waals surface area contributed by atoms with Gasteiger partial charge in [-0.3, -0.25) is 0 Å². The molecule has 3 N–H and O–H groups in total. The number of benzene rings is 3. The Morgan fingerprint density at radius 3 is 1.84 bits per heavy atom. The minimum atomic E-state index is -2.08. The molecule has 38 heavy (non-hydrogen) atoms. The number of ether oxygens (including phenoxy) is 5. The van der Waals surface area contributed by atoms with Crippen LogP contribution in [0.3, 0.4) is 0 Å². The van der Waals surface area contributed by atoms with Crippen LogP contribution in [0.5, 0.6) is 0 Å². The first-order valence-corrected chi connectivity index (χ1v) is 12.8. The van der Waals surface area contributed by atoms with E-state index in [2.05, 4.69) is 0 Å². The molecule has 0 amide bonds. The zero-order valence-electron chi connectivity index (χ0n) is 21.0. The van der Waals surface area contributed by atoms with Crippen LogP contribution in [-0.2, 0) is 43.5 Å². The highest BCUT2D eigenvalue weighted by Gasteiger charge is 2.64. The molecule has 3 aromatic rings. The van der Waals surface area contributed by atoms with Gasteiger partial charge in [-0.15, -0.1) is 0 Å². The van der Waals surface area contributed by atoms with Crippen LogP contribution in [0.15, 0.2) is 91.0 Å². The maximum atomic E-state index is 11.9. The van der Waals surface area contributed by atoms with E-state index in [4.69, 9.17) is 23.7 Å². The van der Waals surface area contributed by atoms with Crippen molar-refractivity contribution in [3.05, 3.63) is 108 Å². The van der Waals surface area contributed by atoms with Crippen LogP contribution in [0.4, 0.5) is 0 Å². The smallest absolute Gasteiger partial charge is 0.192 e. The van der Waals surface area contributed by atoms with Crippen molar-refractivity contribution in [2.45, 2.75) is 62.2 Å². The van der Waals surface area contributed by atoms with Crippen molar-refractivity contribution in [2.75, 3.05) is 13.2 Å². The van der Waals surface area contributed by atoms with Crippen molar-refractivity contribution in [1.82, 2.24) is 0 Å². The Morgan fingerprint density at radius 1 is 0.737 bits per heavy atom. The largest absolute Gasteiger partial charge is 0.388 e. The van der Waals surface area contributed by atoms with E-state index in [0.717, 1.165) is 16.7 Å². The molecule has 0 spiro atoms. The van der Waals surface area contributed by atoms with E-state index in [-0.39, 0.29) is 26.4 Å². The third kappa shape index (κ3) is 5.98. The monoisotopic (exact) mass is 522 g/mol. The molecule has 3 aromatic carbocycles. The molecule has 8 nitrogen and oxygen atoms in total. The lowest BCUT2D eigenvalue weighted by molar-refractivity contribution is -0.400. The number of hydrogen-bond donors (Lipinski definition) is 3. The van der Waals surface area contributed by atoms with Gasteiger partial charge in [0.2, 0.25) is 0 Å². The molecule has 2 aliphatic heterocycles. The topological polar surface area (TPSA) is 107 Å². The highest BCUT2D eigenvalue weighted by Crippen LogP contribution is 2.41. The lowest BCUT2D eigenvalue weighted by Gasteiger charge is -2.55. The SMILES string of the molecule is O[C@@H]1CO[C@@H]2O[C@H](COCc3ccccc3)[C@@H](OCc3ccccc3)[C@H](OCc3ccccc3)[C@@]2(O)[C@H]1O. The highest BCUT2D eigenvalue weighted by atomic mass is 16.7. The van der Waals surface area contributed by atoms with Crippen molar-refractivity contribution >= 4 is 0 Å².